The second kappa shape index (κ2) is 9.17. The van der Waals surface area contributed by atoms with E-state index in [2.05, 4.69) is 0 Å². The lowest BCUT2D eigenvalue weighted by molar-refractivity contribution is -0.134. The monoisotopic (exact) mass is 439 g/mol. The molecule has 0 atom stereocenters. The number of hydrogen-bond donors (Lipinski definition) is 0. The van der Waals surface area contributed by atoms with E-state index in [0.29, 0.717) is 46.7 Å². The molecule has 3 rings (SSSR count). The molecule has 0 saturated carbocycles. The van der Waals surface area contributed by atoms with Crippen molar-refractivity contribution in [2.75, 3.05) is 19.7 Å². The second-order valence-electron chi connectivity index (χ2n) is 6.87. The molecule has 0 aromatic heterocycles. The van der Waals surface area contributed by atoms with Crippen molar-refractivity contribution in [2.45, 2.75) is 19.8 Å². The van der Waals surface area contributed by atoms with Crippen LogP contribution in [0.2, 0.25) is 15.1 Å². The predicted molar refractivity (Wildman–Crippen MR) is 112 cm³/mol. The quantitative estimate of drug-likeness (QED) is 0.458. The van der Waals surface area contributed by atoms with E-state index < -0.39 is 0 Å². The van der Waals surface area contributed by atoms with Gasteiger partial charge in [-0.3, -0.25) is 9.59 Å². The highest BCUT2D eigenvalue weighted by Crippen LogP contribution is 2.34. The van der Waals surface area contributed by atoms with Crippen molar-refractivity contribution in [3.63, 3.8) is 0 Å². The van der Waals surface area contributed by atoms with Crippen LogP contribution < -0.4 is 4.74 Å². The molecule has 1 fully saturated rings. The molecule has 2 aromatic rings. The number of Topliss-reactive ketones (excluding diaryl/α,β-unsaturated/α-hetero) is 1. The Labute approximate surface area is 179 Å². The van der Waals surface area contributed by atoms with Crippen LogP contribution in [0.4, 0.5) is 0 Å². The molecular formula is C21H20Cl3NO3. The number of ether oxygens (including phenoxy) is 1. The number of carbonyl (C=O) groups excluding carboxylic acids is 2. The van der Waals surface area contributed by atoms with Crippen molar-refractivity contribution < 1.29 is 14.3 Å². The molecule has 1 amide bonds. The lowest BCUT2D eigenvalue weighted by Gasteiger charge is -2.31. The summed E-state index contributed by atoms with van der Waals surface area (Å²) in [5.74, 6) is 0.250. The Morgan fingerprint density at radius 2 is 1.61 bits per heavy atom. The zero-order valence-corrected chi connectivity index (χ0v) is 17.7. The van der Waals surface area contributed by atoms with Crippen molar-refractivity contribution in [1.82, 2.24) is 4.90 Å². The van der Waals surface area contributed by atoms with Crippen LogP contribution in [0.25, 0.3) is 0 Å². The van der Waals surface area contributed by atoms with Gasteiger partial charge < -0.3 is 9.64 Å². The molecule has 0 bridgehead atoms. The van der Waals surface area contributed by atoms with Gasteiger partial charge in [0.15, 0.2) is 12.4 Å². The standard InChI is InChI=1S/C21H20Cl3NO3/c1-13-2-4-14(5-3-13)21(27)15-6-8-25(9-7-15)20(26)12-28-19-11-17(23)16(22)10-18(19)24/h2-5,10-11,15H,6-9,12H2,1H3. The van der Waals surface area contributed by atoms with Gasteiger partial charge in [-0.2, -0.15) is 0 Å². The van der Waals surface area contributed by atoms with Crippen molar-refractivity contribution in [1.29, 1.82) is 0 Å². The van der Waals surface area contributed by atoms with E-state index in [1.807, 2.05) is 31.2 Å². The molecule has 28 heavy (non-hydrogen) atoms. The molecule has 0 N–H and O–H groups in total. The third-order valence-corrected chi connectivity index (χ3v) is 5.90. The summed E-state index contributed by atoms with van der Waals surface area (Å²) in [6.07, 6.45) is 1.29. The summed E-state index contributed by atoms with van der Waals surface area (Å²) in [5.41, 5.74) is 1.85. The number of hydrogen-bond acceptors (Lipinski definition) is 3. The molecule has 148 valence electrons. The first kappa shape index (κ1) is 21.0. The van der Waals surface area contributed by atoms with Crippen molar-refractivity contribution in [3.8, 4) is 5.75 Å². The Balaban J connectivity index is 1.52. The summed E-state index contributed by atoms with van der Waals surface area (Å²) in [4.78, 5) is 26.8. The maximum Gasteiger partial charge on any atom is 0.260 e. The Morgan fingerprint density at radius 3 is 2.25 bits per heavy atom. The predicted octanol–water partition coefficient (Wildman–Crippen LogP) is 5.46. The summed E-state index contributed by atoms with van der Waals surface area (Å²) in [7, 11) is 0. The van der Waals surface area contributed by atoms with Gasteiger partial charge in [-0.25, -0.2) is 0 Å². The first-order valence-electron chi connectivity index (χ1n) is 9.01. The van der Waals surface area contributed by atoms with E-state index in [9.17, 15) is 9.59 Å². The number of piperidine rings is 1. The third-order valence-electron chi connectivity index (χ3n) is 4.88. The molecule has 1 aliphatic heterocycles. The number of nitrogens with zero attached hydrogens (tertiary/aromatic N) is 1. The first-order chi connectivity index (χ1) is 13.3. The summed E-state index contributed by atoms with van der Waals surface area (Å²) in [6.45, 7) is 2.90. The molecule has 1 heterocycles. The van der Waals surface area contributed by atoms with Crippen LogP contribution >= 0.6 is 34.8 Å². The molecule has 0 spiro atoms. The van der Waals surface area contributed by atoms with Crippen LogP contribution in [-0.4, -0.2) is 36.3 Å². The van der Waals surface area contributed by atoms with Gasteiger partial charge in [0.1, 0.15) is 5.75 Å². The summed E-state index contributed by atoms with van der Waals surface area (Å²) >= 11 is 17.9. The van der Waals surface area contributed by atoms with Gasteiger partial charge in [-0.1, -0.05) is 64.6 Å². The molecule has 0 unspecified atom stereocenters. The summed E-state index contributed by atoms with van der Waals surface area (Å²) in [6, 6.07) is 10.6. The Bertz CT molecular complexity index is 875. The van der Waals surface area contributed by atoms with Crippen LogP contribution in [-0.2, 0) is 4.79 Å². The highest BCUT2D eigenvalue weighted by atomic mass is 35.5. The van der Waals surface area contributed by atoms with Crippen LogP contribution in [0.15, 0.2) is 36.4 Å². The van der Waals surface area contributed by atoms with Crippen LogP contribution in [0.5, 0.6) is 5.75 Å². The fourth-order valence-corrected chi connectivity index (χ4v) is 3.78. The normalized spacial score (nSPS) is 14.8. The van der Waals surface area contributed by atoms with Gasteiger partial charge in [0.2, 0.25) is 0 Å². The Morgan fingerprint density at radius 1 is 1.00 bits per heavy atom. The fraction of sp³-hybridized carbons (Fsp3) is 0.333. The number of ketones is 1. The lowest BCUT2D eigenvalue weighted by Crippen LogP contribution is -2.42. The van der Waals surface area contributed by atoms with E-state index in [1.54, 1.807) is 4.90 Å². The molecule has 1 aliphatic rings. The maximum atomic E-state index is 12.6. The van der Waals surface area contributed by atoms with E-state index in [4.69, 9.17) is 39.5 Å². The molecular weight excluding hydrogens is 421 g/mol. The smallest absolute Gasteiger partial charge is 0.260 e. The van der Waals surface area contributed by atoms with Gasteiger partial charge in [0.25, 0.3) is 5.91 Å². The van der Waals surface area contributed by atoms with Crippen molar-refractivity contribution >= 4 is 46.5 Å². The number of halogens is 3. The molecule has 7 heteroatoms. The average molecular weight is 441 g/mol. The van der Waals surface area contributed by atoms with E-state index in [0.717, 1.165) is 11.1 Å². The number of benzene rings is 2. The van der Waals surface area contributed by atoms with Crippen LogP contribution in [0, 0.1) is 12.8 Å². The zero-order chi connectivity index (χ0) is 20.3. The second-order valence-corrected chi connectivity index (χ2v) is 8.09. The lowest BCUT2D eigenvalue weighted by atomic mass is 9.88. The highest BCUT2D eigenvalue weighted by molar-refractivity contribution is 6.43. The summed E-state index contributed by atoms with van der Waals surface area (Å²) in [5, 5.41) is 0.930. The SMILES string of the molecule is Cc1ccc(C(=O)C2CCN(C(=O)COc3cc(Cl)c(Cl)cc3Cl)CC2)cc1. The molecule has 0 radical (unpaired) electrons. The van der Waals surface area contributed by atoms with E-state index in [-0.39, 0.29) is 24.2 Å². The van der Waals surface area contributed by atoms with Gasteiger partial charge in [0, 0.05) is 30.6 Å². The number of rotatable bonds is 5. The van der Waals surface area contributed by atoms with E-state index in [1.165, 1.54) is 12.1 Å². The minimum atomic E-state index is -0.150. The minimum Gasteiger partial charge on any atom is -0.482 e. The van der Waals surface area contributed by atoms with Gasteiger partial charge in [0.05, 0.1) is 15.1 Å². The molecule has 2 aromatic carbocycles. The molecule has 1 saturated heterocycles. The Hall–Kier alpha value is -1.75. The zero-order valence-electron chi connectivity index (χ0n) is 15.4. The summed E-state index contributed by atoms with van der Waals surface area (Å²) < 4.78 is 5.51. The van der Waals surface area contributed by atoms with Crippen LogP contribution in [0.1, 0.15) is 28.8 Å². The van der Waals surface area contributed by atoms with Gasteiger partial charge in [-0.05, 0) is 25.8 Å². The van der Waals surface area contributed by atoms with Gasteiger partial charge >= 0.3 is 0 Å². The number of carbonyl (C=O) groups is 2. The molecule has 0 aliphatic carbocycles. The van der Waals surface area contributed by atoms with Crippen molar-refractivity contribution in [3.05, 3.63) is 62.6 Å². The number of likely N-dealkylation sites (tertiary alicyclic amines) is 1. The van der Waals surface area contributed by atoms with E-state index >= 15 is 0 Å². The fourth-order valence-electron chi connectivity index (χ4n) is 3.19. The first-order valence-corrected chi connectivity index (χ1v) is 10.1. The average Bonchev–Trinajstić information content (AvgIpc) is 2.69. The topological polar surface area (TPSA) is 46.6 Å². The van der Waals surface area contributed by atoms with Crippen LogP contribution in [0.3, 0.4) is 0 Å². The number of aryl methyl sites for hydroxylation is 1. The van der Waals surface area contributed by atoms with Crippen molar-refractivity contribution in [2.24, 2.45) is 5.92 Å². The van der Waals surface area contributed by atoms with Gasteiger partial charge in [-0.15, -0.1) is 0 Å². The minimum absolute atomic E-state index is 0.0582. The molecule has 4 nitrogen and oxygen atoms in total. The highest BCUT2D eigenvalue weighted by Gasteiger charge is 2.28. The largest absolute Gasteiger partial charge is 0.482 e. The Kier molecular flexibility index (Phi) is 6.86. The third kappa shape index (κ3) is 4.99. The number of amides is 1. The maximum absolute atomic E-state index is 12.6.